The number of carboxylic acids is 1. The quantitative estimate of drug-likeness (QED) is 0.555. The number of nitro groups is 1. The van der Waals surface area contributed by atoms with E-state index in [1.54, 1.807) is 20.8 Å². The number of nitrogens with one attached hydrogen (secondary N) is 1. The summed E-state index contributed by atoms with van der Waals surface area (Å²) in [5.74, 6) is -1.27. The molecule has 0 aliphatic rings. The molecule has 0 bridgehead atoms. The van der Waals surface area contributed by atoms with Gasteiger partial charge >= 0.3 is 5.97 Å². The van der Waals surface area contributed by atoms with Gasteiger partial charge in [0, 0.05) is 17.8 Å². The van der Waals surface area contributed by atoms with Gasteiger partial charge in [0.15, 0.2) is 0 Å². The van der Waals surface area contributed by atoms with Gasteiger partial charge in [0.05, 0.1) is 22.1 Å². The van der Waals surface area contributed by atoms with Gasteiger partial charge in [0.1, 0.15) is 0 Å². The summed E-state index contributed by atoms with van der Waals surface area (Å²) in [7, 11) is 0. The number of hydrogen-bond acceptors (Lipinski definition) is 5. The Morgan fingerprint density at radius 3 is 2.47 bits per heavy atom. The minimum Gasteiger partial charge on any atom is -0.478 e. The number of anilines is 1. The third kappa shape index (κ3) is 3.41. The summed E-state index contributed by atoms with van der Waals surface area (Å²) in [5, 5.41) is 32.2. The van der Waals surface area contributed by atoms with Crippen molar-refractivity contribution in [3.05, 3.63) is 33.9 Å². The van der Waals surface area contributed by atoms with Gasteiger partial charge in [-0.05, 0) is 26.8 Å². The lowest BCUT2D eigenvalue weighted by molar-refractivity contribution is -0.384. The first-order valence-electron chi connectivity index (χ1n) is 5.63. The number of nitrogens with zero attached hydrogens (tertiary/aromatic N) is 1. The van der Waals surface area contributed by atoms with Crippen molar-refractivity contribution in [1.29, 1.82) is 0 Å². The Morgan fingerprint density at radius 2 is 2.05 bits per heavy atom. The number of non-ortho nitro benzene ring substituents is 1. The topological polar surface area (TPSA) is 113 Å². The Bertz CT molecular complexity index is 511. The zero-order valence-electron chi connectivity index (χ0n) is 10.9. The highest BCUT2D eigenvalue weighted by Crippen LogP contribution is 2.26. The number of carbonyl (C=O) groups is 1. The predicted octanol–water partition coefficient (Wildman–Crippen LogP) is 1.86. The van der Waals surface area contributed by atoms with E-state index in [1.807, 2.05) is 0 Å². The number of aliphatic hydroxyl groups excluding tert-OH is 1. The van der Waals surface area contributed by atoms with Crippen molar-refractivity contribution in [3.63, 3.8) is 0 Å². The minimum atomic E-state index is -1.27. The van der Waals surface area contributed by atoms with Crippen LogP contribution in [0.4, 0.5) is 11.4 Å². The Kier molecular flexibility index (Phi) is 4.10. The van der Waals surface area contributed by atoms with Crippen molar-refractivity contribution < 1.29 is 19.9 Å². The van der Waals surface area contributed by atoms with Crippen LogP contribution in [0.3, 0.4) is 0 Å². The molecular weight excluding hydrogens is 252 g/mol. The highest BCUT2D eigenvalue weighted by molar-refractivity contribution is 5.95. The molecule has 0 aromatic heterocycles. The van der Waals surface area contributed by atoms with Crippen LogP contribution in [-0.2, 0) is 0 Å². The van der Waals surface area contributed by atoms with Crippen LogP contribution in [0.15, 0.2) is 18.2 Å². The summed E-state index contributed by atoms with van der Waals surface area (Å²) in [6.45, 7) is 4.97. The van der Waals surface area contributed by atoms with Gasteiger partial charge in [-0.2, -0.15) is 0 Å². The number of aromatic carboxylic acids is 1. The largest absolute Gasteiger partial charge is 0.478 e. The van der Waals surface area contributed by atoms with Gasteiger partial charge in [0.2, 0.25) is 0 Å². The molecule has 0 heterocycles. The summed E-state index contributed by atoms with van der Waals surface area (Å²) in [5.41, 5.74) is -1.04. The lowest BCUT2D eigenvalue weighted by Gasteiger charge is -2.31. The highest BCUT2D eigenvalue weighted by Gasteiger charge is 2.26. The summed E-state index contributed by atoms with van der Waals surface area (Å²) >= 11 is 0. The van der Waals surface area contributed by atoms with Gasteiger partial charge in [-0.3, -0.25) is 10.1 Å². The molecule has 0 aliphatic heterocycles. The highest BCUT2D eigenvalue weighted by atomic mass is 16.6. The van der Waals surface area contributed by atoms with E-state index in [-0.39, 0.29) is 16.9 Å². The molecule has 1 unspecified atom stereocenters. The van der Waals surface area contributed by atoms with Crippen LogP contribution in [0.1, 0.15) is 31.1 Å². The number of benzene rings is 1. The van der Waals surface area contributed by atoms with Crippen LogP contribution in [0.5, 0.6) is 0 Å². The zero-order valence-corrected chi connectivity index (χ0v) is 10.9. The van der Waals surface area contributed by atoms with Crippen molar-refractivity contribution in [2.45, 2.75) is 32.4 Å². The van der Waals surface area contributed by atoms with Crippen LogP contribution < -0.4 is 5.32 Å². The number of nitro benzene ring substituents is 1. The first kappa shape index (κ1) is 14.9. The van der Waals surface area contributed by atoms with Crippen molar-refractivity contribution in [3.8, 4) is 0 Å². The van der Waals surface area contributed by atoms with Crippen molar-refractivity contribution >= 4 is 17.3 Å². The summed E-state index contributed by atoms with van der Waals surface area (Å²) < 4.78 is 0. The third-order valence-corrected chi connectivity index (χ3v) is 2.95. The number of rotatable bonds is 5. The molecule has 0 amide bonds. The maximum absolute atomic E-state index is 11.1. The molecule has 7 nitrogen and oxygen atoms in total. The molecular formula is C12H16N2O5. The van der Waals surface area contributed by atoms with Gasteiger partial charge in [0.25, 0.3) is 5.69 Å². The lowest BCUT2D eigenvalue weighted by Crippen LogP contribution is -2.42. The molecule has 1 atom stereocenters. The normalized spacial score (nSPS) is 12.8. The average Bonchev–Trinajstić information content (AvgIpc) is 2.28. The maximum atomic E-state index is 11.1. The van der Waals surface area contributed by atoms with E-state index in [9.17, 15) is 20.0 Å². The van der Waals surface area contributed by atoms with E-state index < -0.39 is 22.5 Å². The lowest BCUT2D eigenvalue weighted by atomic mass is 9.97. The number of carboxylic acid groups (broad SMARTS) is 1. The molecule has 1 rings (SSSR count). The van der Waals surface area contributed by atoms with Crippen molar-refractivity contribution in [2.75, 3.05) is 5.32 Å². The fraction of sp³-hybridized carbons (Fsp3) is 0.417. The zero-order chi connectivity index (χ0) is 14.8. The van der Waals surface area contributed by atoms with Gasteiger partial charge in [-0.1, -0.05) is 0 Å². The fourth-order valence-electron chi connectivity index (χ4n) is 1.38. The maximum Gasteiger partial charge on any atom is 0.338 e. The molecule has 0 aliphatic carbocycles. The molecule has 0 radical (unpaired) electrons. The standard InChI is InChI=1S/C12H16N2O5/c1-7(15)12(2,3)13-10-5-4-8(14(18)19)6-9(10)11(16)17/h4-7,13,15H,1-3H3,(H,16,17). The summed E-state index contributed by atoms with van der Waals surface area (Å²) in [6, 6.07) is 3.53. The molecule has 104 valence electrons. The second-order valence-corrected chi connectivity index (χ2v) is 4.81. The third-order valence-electron chi connectivity index (χ3n) is 2.95. The predicted molar refractivity (Wildman–Crippen MR) is 69.4 cm³/mol. The van der Waals surface area contributed by atoms with E-state index in [1.165, 1.54) is 12.1 Å². The second kappa shape index (κ2) is 5.23. The van der Waals surface area contributed by atoms with Crippen LogP contribution in [0, 0.1) is 10.1 Å². The number of hydrogen-bond donors (Lipinski definition) is 3. The van der Waals surface area contributed by atoms with E-state index in [0.29, 0.717) is 0 Å². The molecule has 0 fully saturated rings. The summed E-state index contributed by atoms with van der Waals surface area (Å²) in [4.78, 5) is 21.1. The van der Waals surface area contributed by atoms with E-state index in [4.69, 9.17) is 5.11 Å². The second-order valence-electron chi connectivity index (χ2n) is 4.81. The molecule has 1 aromatic carbocycles. The van der Waals surface area contributed by atoms with Gasteiger partial charge < -0.3 is 15.5 Å². The Balaban J connectivity index is 3.21. The molecule has 7 heteroatoms. The van der Waals surface area contributed by atoms with Gasteiger partial charge in [-0.15, -0.1) is 0 Å². The molecule has 0 saturated heterocycles. The van der Waals surface area contributed by atoms with Crippen molar-refractivity contribution in [2.24, 2.45) is 0 Å². The van der Waals surface area contributed by atoms with Crippen LogP contribution in [0.25, 0.3) is 0 Å². The molecule has 3 N–H and O–H groups in total. The van der Waals surface area contributed by atoms with E-state index >= 15 is 0 Å². The minimum absolute atomic E-state index is 0.206. The molecule has 1 aromatic rings. The van der Waals surface area contributed by atoms with E-state index in [2.05, 4.69) is 5.32 Å². The van der Waals surface area contributed by atoms with Crippen LogP contribution >= 0.6 is 0 Å². The molecule has 0 spiro atoms. The Morgan fingerprint density at radius 1 is 1.47 bits per heavy atom. The Labute approximate surface area is 110 Å². The molecule has 0 saturated carbocycles. The molecule has 19 heavy (non-hydrogen) atoms. The fourth-order valence-corrected chi connectivity index (χ4v) is 1.38. The van der Waals surface area contributed by atoms with Crippen LogP contribution in [-0.4, -0.2) is 32.7 Å². The number of aliphatic hydroxyl groups is 1. The first-order chi connectivity index (χ1) is 8.65. The SMILES string of the molecule is CC(O)C(C)(C)Nc1ccc([N+](=O)[O-])cc1C(=O)O. The Hall–Kier alpha value is -2.15. The smallest absolute Gasteiger partial charge is 0.338 e. The van der Waals surface area contributed by atoms with Gasteiger partial charge in [-0.25, -0.2) is 4.79 Å². The average molecular weight is 268 g/mol. The monoisotopic (exact) mass is 268 g/mol. The first-order valence-corrected chi connectivity index (χ1v) is 5.63. The summed E-state index contributed by atoms with van der Waals surface area (Å²) in [6.07, 6.45) is -0.732. The van der Waals surface area contributed by atoms with E-state index in [0.717, 1.165) is 6.07 Å². The van der Waals surface area contributed by atoms with Crippen LogP contribution in [0.2, 0.25) is 0 Å². The van der Waals surface area contributed by atoms with Crippen molar-refractivity contribution in [1.82, 2.24) is 0 Å².